The third kappa shape index (κ3) is 4.31. The first-order chi connectivity index (χ1) is 16.2. The van der Waals surface area contributed by atoms with Crippen molar-refractivity contribution in [3.05, 3.63) is 46.0 Å². The second kappa shape index (κ2) is 8.78. The molecule has 0 heterocycles. The minimum atomic E-state index is -1.58. The van der Waals surface area contributed by atoms with Crippen LogP contribution in [0.3, 0.4) is 0 Å². The molecule has 2 unspecified atom stereocenters. The fourth-order valence-electron chi connectivity index (χ4n) is 7.64. The molecule has 2 rings (SSSR count). The number of hydrogen-bond donors (Lipinski definition) is 3. The van der Waals surface area contributed by atoms with Crippen LogP contribution in [0.15, 0.2) is 46.0 Å². The Bertz CT molecular complexity index is 1010. The summed E-state index contributed by atoms with van der Waals surface area (Å²) in [5.41, 5.74) is -2.48. The molecule has 2 aliphatic carbocycles. The fourth-order valence-corrected chi connectivity index (χ4v) is 7.64. The van der Waals surface area contributed by atoms with E-state index in [1.807, 2.05) is 67.5 Å². The van der Waals surface area contributed by atoms with E-state index in [0.29, 0.717) is 12.8 Å². The molecule has 3 N–H and O–H groups in total. The molecule has 0 aromatic rings. The second-order valence-corrected chi connectivity index (χ2v) is 16.1. The number of carbonyl (C=O) groups is 1. The standard InChI is InChI=1S/C33H54O4/c1-20-16-22(27(3,4)5)24(34)32(18-20,29(9,10)11)31(15,26(36)37)33(30(12,13)14)19-21(2)17-23(25(33)35)28(6,7)8/h16-17,34-35H,18-19H2,1-15H3,(H,36,37). The maximum Gasteiger partial charge on any atom is 0.311 e. The molecule has 2 atom stereocenters. The van der Waals surface area contributed by atoms with Crippen molar-refractivity contribution in [3.63, 3.8) is 0 Å². The van der Waals surface area contributed by atoms with Crippen molar-refractivity contribution in [3.8, 4) is 0 Å². The topological polar surface area (TPSA) is 77.8 Å². The molecule has 0 bridgehead atoms. The maximum absolute atomic E-state index is 14.0. The normalized spacial score (nSPS) is 28.1. The lowest BCUT2D eigenvalue weighted by atomic mass is 9.35. The van der Waals surface area contributed by atoms with Gasteiger partial charge in [-0.25, -0.2) is 0 Å². The Morgan fingerprint density at radius 1 is 0.649 bits per heavy atom. The number of rotatable bonds is 3. The van der Waals surface area contributed by atoms with E-state index in [1.54, 1.807) is 6.92 Å². The summed E-state index contributed by atoms with van der Waals surface area (Å²) in [6, 6.07) is 0. The first kappa shape index (κ1) is 31.2. The Hall–Kier alpha value is -1.97. The molecule has 4 nitrogen and oxygen atoms in total. The van der Waals surface area contributed by atoms with Crippen molar-refractivity contribution < 1.29 is 20.1 Å². The highest BCUT2D eigenvalue weighted by Crippen LogP contribution is 2.74. The van der Waals surface area contributed by atoms with Gasteiger partial charge in [0.2, 0.25) is 0 Å². The largest absolute Gasteiger partial charge is 0.511 e. The highest BCUT2D eigenvalue weighted by atomic mass is 16.4. The molecule has 210 valence electrons. The maximum atomic E-state index is 14.0. The average molecular weight is 515 g/mol. The molecule has 0 amide bonds. The monoisotopic (exact) mass is 514 g/mol. The Labute approximate surface area is 226 Å². The van der Waals surface area contributed by atoms with Crippen LogP contribution in [0.4, 0.5) is 0 Å². The van der Waals surface area contributed by atoms with E-state index in [0.717, 1.165) is 22.3 Å². The number of carboxylic acid groups (broad SMARTS) is 1. The van der Waals surface area contributed by atoms with E-state index in [9.17, 15) is 20.1 Å². The number of aliphatic hydroxyl groups excluding tert-OH is 2. The van der Waals surface area contributed by atoms with Gasteiger partial charge in [0.05, 0.1) is 16.2 Å². The Morgan fingerprint density at radius 3 is 1.11 bits per heavy atom. The second-order valence-electron chi connectivity index (χ2n) is 16.1. The number of aliphatic hydroxyl groups is 2. The van der Waals surface area contributed by atoms with Crippen molar-refractivity contribution in [1.82, 2.24) is 0 Å². The number of aliphatic carboxylic acids is 1. The zero-order valence-corrected chi connectivity index (χ0v) is 26.3. The molecule has 0 radical (unpaired) electrons. The van der Waals surface area contributed by atoms with Gasteiger partial charge in [0.25, 0.3) is 0 Å². The Morgan fingerprint density at radius 2 is 0.919 bits per heavy atom. The van der Waals surface area contributed by atoms with Crippen molar-refractivity contribution in [2.24, 2.45) is 37.9 Å². The Kier molecular flexibility index (Phi) is 7.41. The lowest BCUT2D eigenvalue weighted by Gasteiger charge is -2.66. The van der Waals surface area contributed by atoms with E-state index in [-0.39, 0.29) is 11.5 Å². The molecular weight excluding hydrogens is 460 g/mol. The molecule has 0 saturated carbocycles. The van der Waals surface area contributed by atoms with E-state index >= 15 is 0 Å². The van der Waals surface area contributed by atoms with Gasteiger partial charge >= 0.3 is 5.97 Å². The zero-order valence-electron chi connectivity index (χ0n) is 26.3. The third-order valence-electron chi connectivity index (χ3n) is 9.50. The molecule has 0 saturated heterocycles. The van der Waals surface area contributed by atoms with E-state index in [4.69, 9.17) is 0 Å². The number of hydrogen-bond acceptors (Lipinski definition) is 3. The molecule has 0 aliphatic heterocycles. The summed E-state index contributed by atoms with van der Waals surface area (Å²) < 4.78 is 0. The average Bonchev–Trinajstić information content (AvgIpc) is 2.66. The lowest BCUT2D eigenvalue weighted by Crippen LogP contribution is -2.67. The van der Waals surface area contributed by atoms with E-state index in [1.165, 1.54) is 0 Å². The Balaban J connectivity index is 3.34. The summed E-state index contributed by atoms with van der Waals surface area (Å²) in [4.78, 5) is 14.0. The minimum Gasteiger partial charge on any atom is -0.511 e. The fraction of sp³-hybridized carbons (Fsp3) is 0.727. The molecule has 4 heteroatoms. The van der Waals surface area contributed by atoms with Gasteiger partial charge in [-0.15, -0.1) is 0 Å². The zero-order chi connectivity index (χ0) is 29.4. The molecule has 0 spiro atoms. The van der Waals surface area contributed by atoms with Crippen LogP contribution in [0.5, 0.6) is 0 Å². The van der Waals surface area contributed by atoms with Crippen LogP contribution in [0.25, 0.3) is 0 Å². The van der Waals surface area contributed by atoms with Crippen LogP contribution in [0.2, 0.25) is 0 Å². The van der Waals surface area contributed by atoms with Crippen molar-refractivity contribution in [1.29, 1.82) is 0 Å². The van der Waals surface area contributed by atoms with Crippen molar-refractivity contribution in [2.75, 3.05) is 0 Å². The predicted octanol–water partition coefficient (Wildman–Crippen LogP) is 9.56. The highest BCUT2D eigenvalue weighted by molar-refractivity contribution is 5.80. The molecule has 0 fully saturated rings. The smallest absolute Gasteiger partial charge is 0.311 e. The number of allylic oxidation sites excluding steroid dienone is 8. The minimum absolute atomic E-state index is 0.143. The van der Waals surface area contributed by atoms with Crippen LogP contribution >= 0.6 is 0 Å². The van der Waals surface area contributed by atoms with Gasteiger partial charge in [-0.1, -0.05) is 106 Å². The van der Waals surface area contributed by atoms with Crippen LogP contribution in [0.1, 0.15) is 117 Å². The van der Waals surface area contributed by atoms with Crippen molar-refractivity contribution >= 4 is 5.97 Å². The van der Waals surface area contributed by atoms with Gasteiger partial charge in [0.15, 0.2) is 0 Å². The van der Waals surface area contributed by atoms with Crippen LogP contribution < -0.4 is 0 Å². The van der Waals surface area contributed by atoms with Crippen LogP contribution in [-0.2, 0) is 4.79 Å². The molecular formula is C33H54O4. The van der Waals surface area contributed by atoms with Gasteiger partial charge < -0.3 is 15.3 Å². The summed E-state index contributed by atoms with van der Waals surface area (Å²) in [7, 11) is 0. The quantitative estimate of drug-likeness (QED) is 0.350. The summed E-state index contributed by atoms with van der Waals surface area (Å²) in [6.07, 6.45) is 4.86. The summed E-state index contributed by atoms with van der Waals surface area (Å²) in [5.74, 6) is -0.714. The first-order valence-corrected chi connectivity index (χ1v) is 13.7. The summed E-state index contributed by atoms with van der Waals surface area (Å²) in [6.45, 7) is 30.4. The lowest BCUT2D eigenvalue weighted by molar-refractivity contribution is -0.203. The number of carboxylic acids is 1. The van der Waals surface area contributed by atoms with Gasteiger partial charge in [-0.3, -0.25) is 4.79 Å². The van der Waals surface area contributed by atoms with Gasteiger partial charge in [-0.05, 0) is 66.4 Å². The van der Waals surface area contributed by atoms with Gasteiger partial charge in [0, 0.05) is 0 Å². The van der Waals surface area contributed by atoms with Gasteiger partial charge in [-0.2, -0.15) is 0 Å². The summed E-state index contributed by atoms with van der Waals surface area (Å²) >= 11 is 0. The SMILES string of the molecule is CC1=CC(C(C)(C)C)=C(O)C(C(C)(C)C)(C(C)(C(=O)O)C2(C(C)(C)C)CC(C)=CC(C(C)(C)C)=C2O)C1. The van der Waals surface area contributed by atoms with E-state index < -0.39 is 43.9 Å². The molecule has 37 heavy (non-hydrogen) atoms. The van der Waals surface area contributed by atoms with Gasteiger partial charge in [0.1, 0.15) is 11.5 Å². The highest BCUT2D eigenvalue weighted by Gasteiger charge is 2.75. The molecule has 0 aromatic carbocycles. The van der Waals surface area contributed by atoms with Crippen LogP contribution in [0, 0.1) is 37.9 Å². The predicted molar refractivity (Wildman–Crippen MR) is 154 cm³/mol. The summed E-state index contributed by atoms with van der Waals surface area (Å²) in [5, 5.41) is 36.3. The first-order valence-electron chi connectivity index (χ1n) is 13.7. The molecule has 0 aromatic heterocycles. The van der Waals surface area contributed by atoms with E-state index in [2.05, 4.69) is 41.5 Å². The van der Waals surface area contributed by atoms with Crippen molar-refractivity contribution in [2.45, 2.75) is 117 Å². The third-order valence-corrected chi connectivity index (χ3v) is 9.50. The van der Waals surface area contributed by atoms with Crippen LogP contribution in [-0.4, -0.2) is 21.3 Å². The molecule has 2 aliphatic rings.